The first-order valence-electron chi connectivity index (χ1n) is 9.35. The lowest BCUT2D eigenvalue weighted by molar-refractivity contribution is 0.102. The van der Waals surface area contributed by atoms with E-state index >= 15 is 0 Å². The van der Waals surface area contributed by atoms with Crippen LogP contribution < -0.4 is 21.7 Å². The van der Waals surface area contributed by atoms with E-state index in [9.17, 15) is 9.90 Å². The zero-order valence-electron chi connectivity index (χ0n) is 16.6. The third-order valence-electron chi connectivity index (χ3n) is 4.60. The number of aromatic nitrogens is 4. The highest BCUT2D eigenvalue weighted by Crippen LogP contribution is 2.20. The highest BCUT2D eigenvalue weighted by atomic mass is 16.3. The van der Waals surface area contributed by atoms with Crippen LogP contribution in [0, 0.1) is 0 Å². The summed E-state index contributed by atoms with van der Waals surface area (Å²) >= 11 is 0. The number of aromatic hydroxyl groups is 1. The number of carbonyl (C=O) groups excluding carboxylic acids is 1. The average Bonchev–Trinajstić information content (AvgIpc) is 2.76. The lowest BCUT2D eigenvalue weighted by Gasteiger charge is -2.19. The summed E-state index contributed by atoms with van der Waals surface area (Å²) in [5, 5.41) is 12.1. The molecule has 10 nitrogen and oxygen atoms in total. The largest absolute Gasteiger partial charge is 0.508 e. The van der Waals surface area contributed by atoms with Crippen molar-refractivity contribution in [2.24, 2.45) is 0 Å². The summed E-state index contributed by atoms with van der Waals surface area (Å²) in [7, 11) is 1.90. The second kappa shape index (κ2) is 8.11. The van der Waals surface area contributed by atoms with Gasteiger partial charge in [0.05, 0.1) is 18.4 Å². The number of hydrogen-bond acceptors (Lipinski definition) is 9. The molecule has 0 aliphatic heterocycles. The Morgan fingerprint density at radius 1 is 1.03 bits per heavy atom. The van der Waals surface area contributed by atoms with E-state index in [2.05, 4.69) is 25.3 Å². The summed E-state index contributed by atoms with van der Waals surface area (Å²) < 4.78 is 0. The van der Waals surface area contributed by atoms with Crippen LogP contribution in [0.15, 0.2) is 54.7 Å². The first-order chi connectivity index (χ1) is 14.9. The van der Waals surface area contributed by atoms with Crippen LogP contribution in [0.3, 0.4) is 0 Å². The molecule has 0 radical (unpaired) electrons. The lowest BCUT2D eigenvalue weighted by atomic mass is 10.1. The van der Waals surface area contributed by atoms with E-state index in [4.69, 9.17) is 11.5 Å². The number of nitrogens with one attached hydrogen (secondary N) is 1. The van der Waals surface area contributed by atoms with Crippen molar-refractivity contribution >= 4 is 40.2 Å². The second-order valence-electron chi connectivity index (χ2n) is 6.90. The van der Waals surface area contributed by atoms with Gasteiger partial charge in [0, 0.05) is 24.0 Å². The Bertz CT molecular complexity index is 1240. The zero-order chi connectivity index (χ0) is 22.0. The summed E-state index contributed by atoms with van der Waals surface area (Å²) in [6.07, 6.45) is 1.62. The van der Waals surface area contributed by atoms with Gasteiger partial charge in [0.1, 0.15) is 5.75 Å². The third kappa shape index (κ3) is 4.42. The summed E-state index contributed by atoms with van der Waals surface area (Å²) in [5.41, 5.74) is 14.9. The van der Waals surface area contributed by atoms with E-state index < -0.39 is 0 Å². The van der Waals surface area contributed by atoms with Crippen molar-refractivity contribution in [1.29, 1.82) is 0 Å². The Morgan fingerprint density at radius 3 is 2.45 bits per heavy atom. The van der Waals surface area contributed by atoms with Crippen LogP contribution in [-0.4, -0.2) is 38.0 Å². The van der Waals surface area contributed by atoms with Crippen LogP contribution >= 0.6 is 0 Å². The Balaban J connectivity index is 1.45. The number of phenols is 1. The van der Waals surface area contributed by atoms with Crippen molar-refractivity contribution in [2.75, 3.05) is 28.7 Å². The fourth-order valence-electron chi connectivity index (χ4n) is 3.01. The van der Waals surface area contributed by atoms with E-state index in [1.54, 1.807) is 30.5 Å². The van der Waals surface area contributed by atoms with Gasteiger partial charge in [-0.15, -0.1) is 0 Å². The maximum atomic E-state index is 12.4. The minimum absolute atomic E-state index is 0.0544. The molecule has 156 valence electrons. The molecule has 0 fully saturated rings. The van der Waals surface area contributed by atoms with Crippen LogP contribution in [0.25, 0.3) is 11.2 Å². The molecule has 10 heteroatoms. The first kappa shape index (κ1) is 19.8. The standard InChI is InChI=1S/C21H20N8O2/c1-29(11-14-10-24-19-17(25-14)18(22)27-21(23)28-19)15-6-2-12(3-7-15)20(31)26-13-4-8-16(30)9-5-13/h2-10,30H,11H2,1H3,(H,26,31)(H4,22,23,24,27,28). The molecule has 2 aromatic heterocycles. The van der Waals surface area contributed by atoms with E-state index in [1.165, 1.54) is 12.1 Å². The maximum absolute atomic E-state index is 12.4. The number of benzene rings is 2. The molecule has 4 aromatic rings. The van der Waals surface area contributed by atoms with Crippen molar-refractivity contribution in [3.63, 3.8) is 0 Å². The maximum Gasteiger partial charge on any atom is 0.255 e. The molecule has 2 heterocycles. The Kier molecular flexibility index (Phi) is 5.19. The van der Waals surface area contributed by atoms with Crippen LogP contribution in [0.1, 0.15) is 16.1 Å². The molecule has 0 unspecified atom stereocenters. The van der Waals surface area contributed by atoms with Crippen molar-refractivity contribution in [1.82, 2.24) is 19.9 Å². The van der Waals surface area contributed by atoms with E-state index in [0.717, 1.165) is 5.69 Å². The number of rotatable bonds is 5. The molecule has 1 amide bonds. The fraction of sp³-hybridized carbons (Fsp3) is 0.0952. The molecule has 6 N–H and O–H groups in total. The minimum Gasteiger partial charge on any atom is -0.508 e. The zero-order valence-corrected chi connectivity index (χ0v) is 16.6. The van der Waals surface area contributed by atoms with E-state index in [1.807, 2.05) is 24.1 Å². The highest BCUT2D eigenvalue weighted by Gasteiger charge is 2.11. The van der Waals surface area contributed by atoms with Gasteiger partial charge in [0.15, 0.2) is 17.0 Å². The van der Waals surface area contributed by atoms with Crippen LogP contribution in [0.2, 0.25) is 0 Å². The van der Waals surface area contributed by atoms with Gasteiger partial charge < -0.3 is 26.8 Å². The molecule has 0 aliphatic carbocycles. The lowest BCUT2D eigenvalue weighted by Crippen LogP contribution is -2.18. The molecular weight excluding hydrogens is 396 g/mol. The van der Waals surface area contributed by atoms with E-state index in [-0.39, 0.29) is 23.4 Å². The number of carbonyl (C=O) groups is 1. The molecule has 0 saturated heterocycles. The number of hydrogen-bond donors (Lipinski definition) is 4. The number of nitrogen functional groups attached to an aromatic ring is 2. The Morgan fingerprint density at radius 2 is 1.74 bits per heavy atom. The number of anilines is 4. The van der Waals surface area contributed by atoms with Crippen LogP contribution in [0.5, 0.6) is 5.75 Å². The molecule has 4 rings (SSSR count). The second-order valence-corrected chi connectivity index (χ2v) is 6.90. The number of fused-ring (bicyclic) bond motifs is 1. The fourth-order valence-corrected chi connectivity index (χ4v) is 3.01. The summed E-state index contributed by atoms with van der Waals surface area (Å²) in [5.74, 6) is 0.137. The number of nitrogens with zero attached hydrogens (tertiary/aromatic N) is 5. The summed E-state index contributed by atoms with van der Waals surface area (Å²) in [6.45, 7) is 0.464. The van der Waals surface area contributed by atoms with Crippen molar-refractivity contribution in [3.8, 4) is 5.75 Å². The molecule has 0 aliphatic rings. The predicted octanol–water partition coefficient (Wildman–Crippen LogP) is 2.18. The Labute approximate surface area is 177 Å². The monoisotopic (exact) mass is 416 g/mol. The minimum atomic E-state index is -0.241. The summed E-state index contributed by atoms with van der Waals surface area (Å²) in [6, 6.07) is 13.5. The smallest absolute Gasteiger partial charge is 0.255 e. The number of amides is 1. The van der Waals surface area contributed by atoms with Crippen LogP contribution in [0.4, 0.5) is 23.1 Å². The quantitative estimate of drug-likeness (QED) is 0.358. The molecule has 0 spiro atoms. The normalized spacial score (nSPS) is 10.7. The third-order valence-corrected chi connectivity index (χ3v) is 4.60. The van der Waals surface area contributed by atoms with E-state index in [0.29, 0.717) is 34.7 Å². The molecule has 0 saturated carbocycles. The number of phenolic OH excluding ortho intramolecular Hbond substituents is 1. The topological polar surface area (TPSA) is 156 Å². The van der Waals surface area contributed by atoms with Gasteiger partial charge >= 0.3 is 0 Å². The van der Waals surface area contributed by atoms with Gasteiger partial charge in [-0.1, -0.05) is 0 Å². The first-order valence-corrected chi connectivity index (χ1v) is 9.35. The van der Waals surface area contributed by atoms with Crippen LogP contribution in [-0.2, 0) is 6.54 Å². The average molecular weight is 416 g/mol. The van der Waals surface area contributed by atoms with Gasteiger partial charge in [-0.05, 0) is 48.5 Å². The molecule has 0 bridgehead atoms. The van der Waals surface area contributed by atoms with Crippen molar-refractivity contribution in [3.05, 3.63) is 66.0 Å². The Hall–Kier alpha value is -4.47. The van der Waals surface area contributed by atoms with Gasteiger partial charge in [-0.3, -0.25) is 4.79 Å². The van der Waals surface area contributed by atoms with Gasteiger partial charge in [-0.25, -0.2) is 9.97 Å². The van der Waals surface area contributed by atoms with Gasteiger partial charge in [-0.2, -0.15) is 9.97 Å². The van der Waals surface area contributed by atoms with Gasteiger partial charge in [0.2, 0.25) is 5.95 Å². The summed E-state index contributed by atoms with van der Waals surface area (Å²) in [4.78, 5) is 31.1. The van der Waals surface area contributed by atoms with Crippen molar-refractivity contribution in [2.45, 2.75) is 6.54 Å². The predicted molar refractivity (Wildman–Crippen MR) is 119 cm³/mol. The molecular formula is C21H20N8O2. The molecule has 0 atom stereocenters. The van der Waals surface area contributed by atoms with Crippen molar-refractivity contribution < 1.29 is 9.90 Å². The molecule has 31 heavy (non-hydrogen) atoms. The highest BCUT2D eigenvalue weighted by molar-refractivity contribution is 6.04. The number of nitrogens with two attached hydrogens (primary N) is 2. The van der Waals surface area contributed by atoms with Gasteiger partial charge in [0.25, 0.3) is 5.91 Å². The SMILES string of the molecule is CN(Cc1cnc2nc(N)nc(N)c2n1)c1ccc(C(=O)Nc2ccc(O)cc2)cc1. The molecule has 2 aromatic carbocycles.